The lowest BCUT2D eigenvalue weighted by Crippen LogP contribution is -2.46. The van der Waals surface area contributed by atoms with Gasteiger partial charge < -0.3 is 10.2 Å². The molecule has 5 aromatic rings. The maximum Gasteiger partial charge on any atom is 0.226 e. The molecule has 1 aliphatic rings. The molecule has 1 aliphatic heterocycles. The number of hydrogen-bond donors (Lipinski definition) is 1. The Morgan fingerprint density at radius 2 is 1.56 bits per heavy atom. The van der Waals surface area contributed by atoms with Crippen LogP contribution >= 0.6 is 0 Å². The standard InChI is InChI=1S/C28H28FN7/c29-22-11-13-23(14-12-22)35-19-17-34(18-20-35)16-6-15-30-28-31-25-10-5-4-9-24(25)27-32-26(33-36(27)28)21-7-2-1-3-8-21/h1-5,7-14H,6,15-20H2,(H,30,31). The van der Waals surface area contributed by atoms with Gasteiger partial charge in [-0.2, -0.15) is 4.52 Å². The molecule has 3 heterocycles. The van der Waals surface area contributed by atoms with Gasteiger partial charge in [-0.3, -0.25) is 4.90 Å². The largest absolute Gasteiger partial charge is 0.369 e. The number of halogens is 1. The summed E-state index contributed by atoms with van der Waals surface area (Å²) in [5.41, 5.74) is 3.78. The van der Waals surface area contributed by atoms with Crippen molar-refractivity contribution in [1.29, 1.82) is 0 Å². The molecule has 2 aromatic heterocycles. The van der Waals surface area contributed by atoms with Crippen molar-refractivity contribution in [2.24, 2.45) is 0 Å². The van der Waals surface area contributed by atoms with Gasteiger partial charge in [0.2, 0.25) is 5.95 Å². The Morgan fingerprint density at radius 1 is 0.806 bits per heavy atom. The minimum atomic E-state index is -0.190. The molecule has 3 aromatic carbocycles. The van der Waals surface area contributed by atoms with Gasteiger partial charge in [0, 0.05) is 49.4 Å². The third-order valence-electron chi connectivity index (χ3n) is 6.71. The molecular weight excluding hydrogens is 453 g/mol. The number of piperazine rings is 1. The van der Waals surface area contributed by atoms with Crippen molar-refractivity contribution >= 4 is 28.2 Å². The molecule has 36 heavy (non-hydrogen) atoms. The van der Waals surface area contributed by atoms with E-state index < -0.39 is 0 Å². The number of benzene rings is 3. The maximum absolute atomic E-state index is 13.2. The van der Waals surface area contributed by atoms with Gasteiger partial charge in [0.05, 0.1) is 5.52 Å². The highest BCUT2D eigenvalue weighted by Crippen LogP contribution is 2.24. The van der Waals surface area contributed by atoms with Crippen LogP contribution in [0, 0.1) is 5.82 Å². The second-order valence-electron chi connectivity index (χ2n) is 9.07. The van der Waals surface area contributed by atoms with Crippen LogP contribution in [0.5, 0.6) is 0 Å². The van der Waals surface area contributed by atoms with Crippen LogP contribution < -0.4 is 10.2 Å². The van der Waals surface area contributed by atoms with E-state index in [2.05, 4.69) is 15.1 Å². The third-order valence-corrected chi connectivity index (χ3v) is 6.71. The van der Waals surface area contributed by atoms with Crippen LogP contribution in [0.3, 0.4) is 0 Å². The van der Waals surface area contributed by atoms with E-state index in [1.807, 2.05) is 71.2 Å². The quantitative estimate of drug-likeness (QED) is 0.340. The van der Waals surface area contributed by atoms with Gasteiger partial charge in [0.15, 0.2) is 11.5 Å². The molecule has 6 rings (SSSR count). The van der Waals surface area contributed by atoms with Gasteiger partial charge in [0.25, 0.3) is 0 Å². The zero-order valence-electron chi connectivity index (χ0n) is 20.0. The fourth-order valence-corrected chi connectivity index (χ4v) is 4.76. The summed E-state index contributed by atoms with van der Waals surface area (Å²) in [6.07, 6.45) is 0.993. The molecule has 1 fully saturated rings. The molecule has 0 unspecified atom stereocenters. The van der Waals surface area contributed by atoms with Gasteiger partial charge in [-0.05, 0) is 49.4 Å². The predicted molar refractivity (Wildman–Crippen MR) is 142 cm³/mol. The maximum atomic E-state index is 13.2. The van der Waals surface area contributed by atoms with Crippen molar-refractivity contribution in [3.05, 3.63) is 84.7 Å². The minimum absolute atomic E-state index is 0.190. The van der Waals surface area contributed by atoms with Crippen LogP contribution in [-0.2, 0) is 0 Å². The molecule has 0 atom stereocenters. The Bertz CT molecular complexity index is 1460. The van der Waals surface area contributed by atoms with E-state index >= 15 is 0 Å². The first-order valence-electron chi connectivity index (χ1n) is 12.4. The van der Waals surface area contributed by atoms with Crippen molar-refractivity contribution < 1.29 is 4.39 Å². The average Bonchev–Trinajstić information content (AvgIpc) is 3.39. The highest BCUT2D eigenvalue weighted by Gasteiger charge is 2.17. The fraction of sp³-hybridized carbons (Fsp3) is 0.250. The number of aromatic nitrogens is 4. The van der Waals surface area contributed by atoms with Crippen LogP contribution in [0.15, 0.2) is 78.9 Å². The van der Waals surface area contributed by atoms with Gasteiger partial charge in [-0.25, -0.2) is 14.4 Å². The molecular formula is C28H28FN7. The van der Waals surface area contributed by atoms with Crippen LogP contribution in [0.1, 0.15) is 6.42 Å². The fourth-order valence-electron chi connectivity index (χ4n) is 4.76. The average molecular weight is 482 g/mol. The van der Waals surface area contributed by atoms with Crippen molar-refractivity contribution in [1.82, 2.24) is 24.5 Å². The van der Waals surface area contributed by atoms with Gasteiger partial charge in [-0.1, -0.05) is 42.5 Å². The zero-order valence-corrected chi connectivity index (χ0v) is 20.0. The number of nitrogens with zero attached hydrogens (tertiary/aromatic N) is 6. The highest BCUT2D eigenvalue weighted by molar-refractivity contribution is 5.92. The summed E-state index contributed by atoms with van der Waals surface area (Å²) < 4.78 is 15.0. The lowest BCUT2D eigenvalue weighted by atomic mass is 10.2. The smallest absolute Gasteiger partial charge is 0.226 e. The molecule has 0 spiro atoms. The number of nitrogens with one attached hydrogen (secondary N) is 1. The number of fused-ring (bicyclic) bond motifs is 3. The van der Waals surface area contributed by atoms with Gasteiger partial charge >= 0.3 is 0 Å². The molecule has 0 aliphatic carbocycles. The Labute approximate surface area is 209 Å². The molecule has 7 nitrogen and oxygen atoms in total. The lowest BCUT2D eigenvalue weighted by Gasteiger charge is -2.36. The van der Waals surface area contributed by atoms with Crippen molar-refractivity contribution in [3.8, 4) is 11.4 Å². The van der Waals surface area contributed by atoms with Crippen molar-refractivity contribution in [3.63, 3.8) is 0 Å². The van der Waals surface area contributed by atoms with E-state index in [-0.39, 0.29) is 5.82 Å². The minimum Gasteiger partial charge on any atom is -0.369 e. The topological polar surface area (TPSA) is 61.6 Å². The monoisotopic (exact) mass is 481 g/mol. The van der Waals surface area contributed by atoms with E-state index in [0.717, 1.165) is 73.5 Å². The Kier molecular flexibility index (Phi) is 6.17. The molecule has 0 bridgehead atoms. The normalized spacial score (nSPS) is 14.5. The summed E-state index contributed by atoms with van der Waals surface area (Å²) in [6, 6.07) is 24.9. The molecule has 8 heteroatoms. The second kappa shape index (κ2) is 9.91. The summed E-state index contributed by atoms with van der Waals surface area (Å²) in [7, 11) is 0. The summed E-state index contributed by atoms with van der Waals surface area (Å²) >= 11 is 0. The van der Waals surface area contributed by atoms with Crippen LogP contribution in [0.2, 0.25) is 0 Å². The Morgan fingerprint density at radius 3 is 2.36 bits per heavy atom. The van der Waals surface area contributed by atoms with Crippen molar-refractivity contribution in [2.45, 2.75) is 6.42 Å². The van der Waals surface area contributed by atoms with Crippen molar-refractivity contribution in [2.75, 3.05) is 49.5 Å². The Balaban J connectivity index is 1.11. The molecule has 182 valence electrons. The summed E-state index contributed by atoms with van der Waals surface area (Å²) in [5, 5.41) is 9.27. The highest BCUT2D eigenvalue weighted by atomic mass is 19.1. The summed E-state index contributed by atoms with van der Waals surface area (Å²) in [5.74, 6) is 1.21. The number of hydrogen-bond acceptors (Lipinski definition) is 6. The second-order valence-corrected chi connectivity index (χ2v) is 9.07. The molecule has 1 saturated heterocycles. The van der Waals surface area contributed by atoms with Crippen LogP contribution in [0.4, 0.5) is 16.0 Å². The number of para-hydroxylation sites is 1. The van der Waals surface area contributed by atoms with Gasteiger partial charge in [-0.15, -0.1) is 5.10 Å². The van der Waals surface area contributed by atoms with E-state index in [1.54, 1.807) is 0 Å². The first-order chi connectivity index (χ1) is 17.7. The van der Waals surface area contributed by atoms with Crippen LogP contribution in [-0.4, -0.2) is 63.8 Å². The lowest BCUT2D eigenvalue weighted by molar-refractivity contribution is 0.257. The molecule has 0 saturated carbocycles. The summed E-state index contributed by atoms with van der Waals surface area (Å²) in [6.45, 7) is 5.70. The number of anilines is 2. The SMILES string of the molecule is Fc1ccc(N2CCN(CCCNc3nc4ccccc4c4nc(-c5ccccc5)nn34)CC2)cc1. The molecule has 0 radical (unpaired) electrons. The van der Waals surface area contributed by atoms with Crippen LogP contribution in [0.25, 0.3) is 27.9 Å². The zero-order chi connectivity index (χ0) is 24.3. The third kappa shape index (κ3) is 4.59. The first-order valence-corrected chi connectivity index (χ1v) is 12.4. The van der Waals surface area contributed by atoms with Gasteiger partial charge in [0.1, 0.15) is 5.82 Å². The van der Waals surface area contributed by atoms with E-state index in [0.29, 0.717) is 11.8 Å². The number of rotatable bonds is 7. The van der Waals surface area contributed by atoms with E-state index in [9.17, 15) is 4.39 Å². The van der Waals surface area contributed by atoms with E-state index in [4.69, 9.17) is 15.1 Å². The molecule has 0 amide bonds. The summed E-state index contributed by atoms with van der Waals surface area (Å²) in [4.78, 5) is 14.5. The molecule has 1 N–H and O–H groups in total. The Hall–Kier alpha value is -4.04. The van der Waals surface area contributed by atoms with E-state index in [1.165, 1.54) is 12.1 Å². The predicted octanol–water partition coefficient (Wildman–Crippen LogP) is 4.71. The first kappa shape index (κ1) is 22.4.